The molecule has 1 fully saturated rings. The quantitative estimate of drug-likeness (QED) is 0.0949. The van der Waals surface area contributed by atoms with Crippen molar-refractivity contribution in [2.24, 2.45) is 0 Å². The summed E-state index contributed by atoms with van der Waals surface area (Å²) in [5.41, 5.74) is 2.79. The number of carbonyl (C=O) groups is 3. The van der Waals surface area contributed by atoms with E-state index in [1.54, 1.807) is 42.5 Å². The Balaban J connectivity index is 1.48. The Kier molecular flexibility index (Phi) is 8.80. The molecule has 7 nitrogen and oxygen atoms in total. The van der Waals surface area contributed by atoms with Gasteiger partial charge >= 0.3 is 5.97 Å². The predicted molar refractivity (Wildman–Crippen MR) is 178 cm³/mol. The molecule has 1 N–H and O–H groups in total. The van der Waals surface area contributed by atoms with Crippen molar-refractivity contribution in [1.82, 2.24) is 0 Å². The van der Waals surface area contributed by atoms with Gasteiger partial charge in [0.1, 0.15) is 17.9 Å². The molecule has 0 aromatic heterocycles. The lowest BCUT2D eigenvalue weighted by Crippen LogP contribution is -2.56. The smallest absolute Gasteiger partial charge is 0.335 e. The fourth-order valence-electron chi connectivity index (χ4n) is 4.21. The van der Waals surface area contributed by atoms with Gasteiger partial charge < -0.3 is 9.84 Å². The van der Waals surface area contributed by atoms with Crippen LogP contribution in [0.2, 0.25) is 0 Å². The molecule has 0 unspecified atom stereocenters. The van der Waals surface area contributed by atoms with E-state index in [1.807, 2.05) is 48.5 Å². The van der Waals surface area contributed by atoms with Gasteiger partial charge in [-0.25, -0.2) is 4.79 Å². The molecule has 204 valence electrons. The number of aromatic carboxylic acids is 1. The van der Waals surface area contributed by atoms with Crippen LogP contribution in [0.3, 0.4) is 0 Å². The fourth-order valence-corrected chi connectivity index (χ4v) is 6.71. The first-order valence-corrected chi connectivity index (χ1v) is 14.8. The van der Waals surface area contributed by atoms with Crippen LogP contribution in [-0.4, -0.2) is 28.0 Å². The lowest BCUT2D eigenvalue weighted by atomic mass is 10.0. The second-order valence-electron chi connectivity index (χ2n) is 8.90. The molecule has 0 spiro atoms. The van der Waals surface area contributed by atoms with Crippen LogP contribution in [-0.2, 0) is 16.2 Å². The maximum Gasteiger partial charge on any atom is 0.335 e. The second kappa shape index (κ2) is 12.5. The van der Waals surface area contributed by atoms with Gasteiger partial charge in [0.2, 0.25) is 0 Å². The zero-order chi connectivity index (χ0) is 29.1. The van der Waals surface area contributed by atoms with Crippen LogP contribution in [0.25, 0.3) is 6.08 Å². The number of rotatable bonds is 7. The van der Waals surface area contributed by atoms with Crippen LogP contribution >= 0.6 is 57.4 Å². The highest BCUT2D eigenvalue weighted by atomic mass is 127. The number of para-hydroxylation sites is 2. The van der Waals surface area contributed by atoms with Crippen LogP contribution in [0.5, 0.6) is 5.75 Å². The number of anilines is 2. The summed E-state index contributed by atoms with van der Waals surface area (Å²) >= 11 is 9.98. The van der Waals surface area contributed by atoms with Crippen molar-refractivity contribution in [3.8, 4) is 5.75 Å². The van der Waals surface area contributed by atoms with Gasteiger partial charge in [-0.15, -0.1) is 0 Å². The van der Waals surface area contributed by atoms with Crippen molar-refractivity contribution in [3.63, 3.8) is 0 Å². The molecule has 1 saturated heterocycles. The van der Waals surface area contributed by atoms with E-state index in [0.717, 1.165) is 12.7 Å². The molecule has 1 aliphatic rings. The lowest BCUT2D eigenvalue weighted by molar-refractivity contribution is -0.120. The van der Waals surface area contributed by atoms with Crippen molar-refractivity contribution in [2.75, 3.05) is 9.80 Å². The lowest BCUT2D eigenvalue weighted by Gasteiger charge is -2.36. The third kappa shape index (κ3) is 6.19. The molecule has 1 aliphatic heterocycles. The molecule has 0 atom stereocenters. The molecule has 1 heterocycles. The predicted octanol–water partition coefficient (Wildman–Crippen LogP) is 6.92. The SMILES string of the molecule is O=C(O)c1ccc(COc2c(I)cc(C=C3C(=O)N(c4ccccc4)C(=S)N(c4ccccc4)C3=O)cc2I)cc1. The monoisotopic (exact) mass is 786 g/mol. The van der Waals surface area contributed by atoms with Crippen molar-refractivity contribution in [2.45, 2.75) is 6.61 Å². The summed E-state index contributed by atoms with van der Waals surface area (Å²) in [6.07, 6.45) is 1.58. The topological polar surface area (TPSA) is 87.2 Å². The summed E-state index contributed by atoms with van der Waals surface area (Å²) in [4.78, 5) is 41.3. The average molecular weight is 786 g/mol. The van der Waals surface area contributed by atoms with Crippen molar-refractivity contribution in [1.29, 1.82) is 0 Å². The highest BCUT2D eigenvalue weighted by molar-refractivity contribution is 14.1. The Morgan fingerprint density at radius 1 is 0.805 bits per heavy atom. The van der Waals surface area contributed by atoms with Crippen LogP contribution < -0.4 is 14.5 Å². The number of hydrogen-bond donors (Lipinski definition) is 1. The largest absolute Gasteiger partial charge is 0.487 e. The van der Waals surface area contributed by atoms with E-state index >= 15 is 0 Å². The van der Waals surface area contributed by atoms with Crippen LogP contribution in [0, 0.1) is 7.14 Å². The molecule has 41 heavy (non-hydrogen) atoms. The molecule has 2 amide bonds. The van der Waals surface area contributed by atoms with Gasteiger partial charge in [0.15, 0.2) is 5.11 Å². The van der Waals surface area contributed by atoms with E-state index < -0.39 is 17.8 Å². The number of hydrogen-bond acceptors (Lipinski definition) is 5. The highest BCUT2D eigenvalue weighted by Gasteiger charge is 2.41. The number of carboxylic acid groups (broad SMARTS) is 1. The van der Waals surface area contributed by atoms with Gasteiger partial charge in [-0.1, -0.05) is 48.5 Å². The van der Waals surface area contributed by atoms with E-state index in [4.69, 9.17) is 22.1 Å². The molecule has 0 radical (unpaired) electrons. The third-order valence-corrected chi connectivity index (χ3v) is 8.16. The molecule has 10 heteroatoms. The molecule has 4 aromatic rings. The van der Waals surface area contributed by atoms with Crippen molar-refractivity contribution >= 4 is 97.7 Å². The number of ether oxygens (including phenoxy) is 1. The van der Waals surface area contributed by atoms with E-state index in [2.05, 4.69) is 45.2 Å². The molecule has 0 aliphatic carbocycles. The molecule has 5 rings (SSSR count). The number of thiocarbonyl (C=S) groups is 1. The standard InChI is InChI=1S/C31H20I2N2O5S/c32-25-16-20(17-26(33)27(25)40-18-19-11-13-21(14-12-19)30(38)39)15-24-28(36)34(22-7-3-1-4-8-22)31(41)35(29(24)37)23-9-5-2-6-10-23/h1-17H,18H2,(H,38,39). The first-order chi connectivity index (χ1) is 19.7. The summed E-state index contributed by atoms with van der Waals surface area (Å²) in [5, 5.41) is 9.18. The minimum Gasteiger partial charge on any atom is -0.487 e. The summed E-state index contributed by atoms with van der Waals surface area (Å²) in [6.45, 7) is 0.249. The Morgan fingerprint density at radius 2 is 1.29 bits per heavy atom. The number of carbonyl (C=O) groups excluding carboxylic acids is 2. The fraction of sp³-hybridized carbons (Fsp3) is 0.0323. The van der Waals surface area contributed by atoms with Crippen LogP contribution in [0.1, 0.15) is 21.5 Å². The van der Waals surface area contributed by atoms with Crippen LogP contribution in [0.15, 0.2) is 103 Å². The second-order valence-corrected chi connectivity index (χ2v) is 11.6. The minimum absolute atomic E-state index is 0.0231. The van der Waals surface area contributed by atoms with E-state index in [9.17, 15) is 14.4 Å². The number of benzene rings is 4. The summed E-state index contributed by atoms with van der Waals surface area (Å²) in [5.74, 6) is -1.35. The minimum atomic E-state index is -0.984. The van der Waals surface area contributed by atoms with E-state index in [1.165, 1.54) is 21.9 Å². The van der Waals surface area contributed by atoms with Crippen molar-refractivity contribution in [3.05, 3.63) is 126 Å². The Bertz CT molecular complexity index is 1610. The maximum absolute atomic E-state index is 13.7. The summed E-state index contributed by atoms with van der Waals surface area (Å²) < 4.78 is 7.63. The van der Waals surface area contributed by atoms with Gasteiger partial charge in [-0.2, -0.15) is 0 Å². The number of amides is 2. The molecular weight excluding hydrogens is 766 g/mol. The Morgan fingerprint density at radius 3 is 1.76 bits per heavy atom. The summed E-state index contributed by atoms with van der Waals surface area (Å²) in [7, 11) is 0. The van der Waals surface area contributed by atoms with E-state index in [0.29, 0.717) is 22.7 Å². The average Bonchev–Trinajstić information content (AvgIpc) is 2.96. The number of carboxylic acids is 1. The molecular formula is C31H20I2N2O5S. The van der Waals surface area contributed by atoms with Gasteiger partial charge in [-0.05, 0) is 123 Å². The van der Waals surface area contributed by atoms with E-state index in [-0.39, 0.29) is 22.9 Å². The normalized spacial score (nSPS) is 13.4. The van der Waals surface area contributed by atoms with Gasteiger partial charge in [-0.3, -0.25) is 19.4 Å². The zero-order valence-corrected chi connectivity index (χ0v) is 26.3. The number of nitrogens with zero attached hydrogens (tertiary/aromatic N) is 2. The number of halogens is 2. The Hall–Kier alpha value is -3.62. The first-order valence-electron chi connectivity index (χ1n) is 12.2. The third-order valence-electron chi connectivity index (χ3n) is 6.19. The molecule has 0 bridgehead atoms. The summed E-state index contributed by atoms with van der Waals surface area (Å²) in [6, 6.07) is 28.2. The van der Waals surface area contributed by atoms with Gasteiger partial charge in [0, 0.05) is 0 Å². The van der Waals surface area contributed by atoms with Crippen molar-refractivity contribution < 1.29 is 24.2 Å². The first kappa shape index (κ1) is 28.9. The zero-order valence-electron chi connectivity index (χ0n) is 21.2. The molecule has 0 saturated carbocycles. The van der Waals surface area contributed by atoms with Gasteiger partial charge in [0.25, 0.3) is 11.8 Å². The van der Waals surface area contributed by atoms with Crippen LogP contribution in [0.4, 0.5) is 11.4 Å². The van der Waals surface area contributed by atoms with Gasteiger partial charge in [0.05, 0.1) is 24.1 Å². The maximum atomic E-state index is 13.7. The highest BCUT2D eigenvalue weighted by Crippen LogP contribution is 2.33. The molecule has 4 aromatic carbocycles. The Labute approximate surface area is 268 Å².